The molecule has 0 saturated carbocycles. The number of halogens is 3. The molecular formula is C5H3F3N2O. The van der Waals surface area contributed by atoms with E-state index in [9.17, 15) is 18.0 Å². The van der Waals surface area contributed by atoms with Crippen LogP contribution in [0.5, 0.6) is 0 Å². The molecule has 1 rings (SSSR count). The first-order chi connectivity index (χ1) is 5.00. The van der Waals surface area contributed by atoms with E-state index in [1.807, 2.05) is 0 Å². The summed E-state index contributed by atoms with van der Waals surface area (Å²) in [6.45, 7) is 0. The molecule has 0 aliphatic rings. The zero-order chi connectivity index (χ0) is 8.48. The summed E-state index contributed by atoms with van der Waals surface area (Å²) in [4.78, 5) is 13.2. The van der Waals surface area contributed by atoms with Crippen LogP contribution in [-0.4, -0.2) is 9.55 Å². The predicted octanol–water partition coefficient (Wildman–Crippen LogP) is 0.720. The lowest BCUT2D eigenvalue weighted by Gasteiger charge is -2.07. The van der Waals surface area contributed by atoms with Gasteiger partial charge in [-0.1, -0.05) is 0 Å². The summed E-state index contributed by atoms with van der Waals surface area (Å²) >= 11 is 0. The highest BCUT2D eigenvalue weighted by atomic mass is 19.4. The minimum absolute atomic E-state index is 0.103. The first-order valence-corrected chi connectivity index (χ1v) is 2.61. The molecule has 0 aliphatic carbocycles. The van der Waals surface area contributed by atoms with Gasteiger partial charge in [-0.3, -0.25) is 4.79 Å². The molecule has 11 heavy (non-hydrogen) atoms. The van der Waals surface area contributed by atoms with Gasteiger partial charge < -0.3 is 0 Å². The monoisotopic (exact) mass is 164 g/mol. The van der Waals surface area contributed by atoms with E-state index >= 15 is 0 Å². The van der Waals surface area contributed by atoms with Crippen LogP contribution < -0.4 is 5.56 Å². The Hall–Kier alpha value is -1.33. The highest BCUT2D eigenvalue weighted by Crippen LogP contribution is 2.19. The summed E-state index contributed by atoms with van der Waals surface area (Å²) in [5.74, 6) is 0. The summed E-state index contributed by atoms with van der Waals surface area (Å²) in [5.41, 5.74) is -0.689. The average Bonchev–Trinajstić information content (AvgIpc) is 1.86. The van der Waals surface area contributed by atoms with Gasteiger partial charge in [0.1, 0.15) is 6.33 Å². The SMILES string of the molecule is O=c1ccn(C(F)(F)F)cn1. The summed E-state index contributed by atoms with van der Waals surface area (Å²) in [6.07, 6.45) is -3.45. The van der Waals surface area contributed by atoms with Gasteiger partial charge in [0.05, 0.1) is 0 Å². The fourth-order valence-electron chi connectivity index (χ4n) is 0.495. The van der Waals surface area contributed by atoms with Gasteiger partial charge in [0, 0.05) is 12.3 Å². The number of hydrogen-bond acceptors (Lipinski definition) is 2. The zero-order valence-corrected chi connectivity index (χ0v) is 5.17. The van der Waals surface area contributed by atoms with Gasteiger partial charge in [-0.25, -0.2) is 4.57 Å². The zero-order valence-electron chi connectivity index (χ0n) is 5.17. The quantitative estimate of drug-likeness (QED) is 0.566. The van der Waals surface area contributed by atoms with Crippen LogP contribution in [0.2, 0.25) is 0 Å². The van der Waals surface area contributed by atoms with E-state index in [1.165, 1.54) is 0 Å². The van der Waals surface area contributed by atoms with Crippen molar-refractivity contribution in [3.63, 3.8) is 0 Å². The molecule has 0 fully saturated rings. The second kappa shape index (κ2) is 2.37. The second-order valence-corrected chi connectivity index (χ2v) is 1.77. The molecule has 0 bridgehead atoms. The highest BCUT2D eigenvalue weighted by molar-refractivity contribution is 4.82. The normalized spacial score (nSPS) is 11.5. The molecule has 1 heterocycles. The number of nitrogens with zero attached hydrogens (tertiary/aromatic N) is 2. The first kappa shape index (κ1) is 7.77. The molecule has 0 unspecified atom stereocenters. The van der Waals surface area contributed by atoms with Gasteiger partial charge >= 0.3 is 6.30 Å². The molecule has 3 nitrogen and oxygen atoms in total. The molecule has 0 N–H and O–H groups in total. The fraction of sp³-hybridized carbons (Fsp3) is 0.200. The van der Waals surface area contributed by atoms with Gasteiger partial charge in [-0.2, -0.15) is 4.98 Å². The van der Waals surface area contributed by atoms with Crippen molar-refractivity contribution in [1.82, 2.24) is 9.55 Å². The van der Waals surface area contributed by atoms with Crippen molar-refractivity contribution in [2.45, 2.75) is 6.30 Å². The molecule has 0 spiro atoms. The Kier molecular flexibility index (Phi) is 1.67. The Morgan fingerprint density at radius 3 is 2.45 bits per heavy atom. The van der Waals surface area contributed by atoms with Crippen LogP contribution in [0.3, 0.4) is 0 Å². The van der Waals surface area contributed by atoms with Crippen LogP contribution in [0.4, 0.5) is 13.2 Å². The molecule has 60 valence electrons. The van der Waals surface area contributed by atoms with Gasteiger partial charge in [0.15, 0.2) is 0 Å². The molecule has 0 saturated heterocycles. The van der Waals surface area contributed by atoms with E-state index in [-0.39, 0.29) is 4.57 Å². The Bertz CT molecular complexity index is 283. The maximum absolute atomic E-state index is 11.7. The van der Waals surface area contributed by atoms with E-state index in [0.29, 0.717) is 12.5 Å². The Labute approximate surface area is 59.1 Å². The topological polar surface area (TPSA) is 34.9 Å². The maximum Gasteiger partial charge on any atom is 0.489 e. The van der Waals surface area contributed by atoms with Crippen LogP contribution in [-0.2, 0) is 6.30 Å². The van der Waals surface area contributed by atoms with Gasteiger partial charge in [0.2, 0.25) is 0 Å². The summed E-state index contributed by atoms with van der Waals surface area (Å²) < 4.78 is 35.1. The number of alkyl halides is 3. The lowest BCUT2D eigenvalue weighted by molar-refractivity contribution is -0.204. The van der Waals surface area contributed by atoms with Crippen molar-refractivity contribution >= 4 is 0 Å². The predicted molar refractivity (Wildman–Crippen MR) is 29.8 cm³/mol. The Morgan fingerprint density at radius 1 is 1.45 bits per heavy atom. The van der Waals surface area contributed by atoms with Crippen molar-refractivity contribution in [3.8, 4) is 0 Å². The summed E-state index contributed by atoms with van der Waals surface area (Å²) in [5, 5.41) is 0. The third-order valence-corrected chi connectivity index (χ3v) is 0.980. The van der Waals surface area contributed by atoms with E-state index in [4.69, 9.17) is 0 Å². The van der Waals surface area contributed by atoms with Gasteiger partial charge in [0.25, 0.3) is 5.56 Å². The van der Waals surface area contributed by atoms with Crippen LogP contribution in [0.25, 0.3) is 0 Å². The van der Waals surface area contributed by atoms with Crippen molar-refractivity contribution in [2.75, 3.05) is 0 Å². The third kappa shape index (κ3) is 1.79. The number of hydrogen-bond donors (Lipinski definition) is 0. The average molecular weight is 164 g/mol. The third-order valence-electron chi connectivity index (χ3n) is 0.980. The molecular weight excluding hydrogens is 161 g/mol. The van der Waals surface area contributed by atoms with E-state index in [2.05, 4.69) is 4.98 Å². The Balaban J connectivity index is 3.09. The Morgan fingerprint density at radius 2 is 2.09 bits per heavy atom. The van der Waals surface area contributed by atoms with Gasteiger partial charge in [-0.15, -0.1) is 13.2 Å². The summed E-state index contributed by atoms with van der Waals surface area (Å²) in [7, 11) is 0. The first-order valence-electron chi connectivity index (χ1n) is 2.61. The molecule has 0 radical (unpaired) electrons. The maximum atomic E-state index is 11.7. The summed E-state index contributed by atoms with van der Waals surface area (Å²) in [6, 6.07) is 0.744. The minimum atomic E-state index is -4.50. The van der Waals surface area contributed by atoms with Crippen LogP contribution in [0, 0.1) is 0 Å². The van der Waals surface area contributed by atoms with Crippen LogP contribution in [0.1, 0.15) is 0 Å². The number of aromatic nitrogens is 2. The lowest BCUT2D eigenvalue weighted by Crippen LogP contribution is -2.19. The van der Waals surface area contributed by atoms with Gasteiger partial charge in [-0.05, 0) is 0 Å². The van der Waals surface area contributed by atoms with Crippen LogP contribution >= 0.6 is 0 Å². The molecule has 1 aromatic heterocycles. The largest absolute Gasteiger partial charge is 0.489 e. The van der Waals surface area contributed by atoms with E-state index in [1.54, 1.807) is 0 Å². The lowest BCUT2D eigenvalue weighted by atomic mass is 10.6. The fourth-order valence-corrected chi connectivity index (χ4v) is 0.495. The van der Waals surface area contributed by atoms with Crippen molar-refractivity contribution in [3.05, 3.63) is 28.9 Å². The standard InChI is InChI=1S/C5H3F3N2O/c6-5(7,8)10-2-1-4(11)9-3-10/h1-3H. The molecule has 0 atom stereocenters. The molecule has 6 heteroatoms. The smallest absolute Gasteiger partial charge is 0.267 e. The molecule has 0 aromatic carbocycles. The second-order valence-electron chi connectivity index (χ2n) is 1.77. The van der Waals surface area contributed by atoms with E-state index < -0.39 is 11.9 Å². The van der Waals surface area contributed by atoms with Crippen molar-refractivity contribution in [2.24, 2.45) is 0 Å². The number of rotatable bonds is 0. The molecule has 1 aromatic rings. The van der Waals surface area contributed by atoms with E-state index in [0.717, 1.165) is 6.07 Å². The molecule has 0 amide bonds. The van der Waals surface area contributed by atoms with Crippen molar-refractivity contribution in [1.29, 1.82) is 0 Å². The van der Waals surface area contributed by atoms with Crippen LogP contribution in [0.15, 0.2) is 23.4 Å². The molecule has 0 aliphatic heterocycles. The van der Waals surface area contributed by atoms with Crippen molar-refractivity contribution < 1.29 is 13.2 Å². The minimum Gasteiger partial charge on any atom is -0.267 e. The highest BCUT2D eigenvalue weighted by Gasteiger charge is 2.28.